The molecule has 0 radical (unpaired) electrons. The van der Waals surface area contributed by atoms with Crippen molar-refractivity contribution in [3.63, 3.8) is 0 Å². The average Bonchev–Trinajstić information content (AvgIpc) is 2.71. The molecule has 1 saturated carbocycles. The minimum atomic E-state index is -3.22. The smallest absolute Gasteiger partial charge is 0.221 e. The summed E-state index contributed by atoms with van der Waals surface area (Å²) >= 11 is 2.93. The van der Waals surface area contributed by atoms with Crippen molar-refractivity contribution >= 4 is 26.0 Å². The van der Waals surface area contributed by atoms with Crippen LogP contribution in [0.25, 0.3) is 0 Å². The lowest BCUT2D eigenvalue weighted by Crippen LogP contribution is -2.37. The molecule has 0 aromatic heterocycles. The Morgan fingerprint density at radius 1 is 1.29 bits per heavy atom. The summed E-state index contributed by atoms with van der Waals surface area (Å²) in [7, 11) is -3.22. The molecule has 0 aromatic rings. The predicted octanol–water partition coefficient (Wildman–Crippen LogP) is 1.33. The number of hydrogen-bond acceptors (Lipinski definition) is 4. The maximum Gasteiger partial charge on any atom is 0.221 e. The second-order valence-corrected chi connectivity index (χ2v) is 7.70. The molecule has 1 aliphatic heterocycles. The van der Waals surface area contributed by atoms with Crippen molar-refractivity contribution in [2.75, 3.05) is 17.8 Å². The van der Waals surface area contributed by atoms with E-state index < -0.39 is 15.8 Å². The Bertz CT molecular complexity index is 353. The summed E-state index contributed by atoms with van der Waals surface area (Å²) in [5.74, 6) is -0.428. The second-order valence-electron chi connectivity index (χ2n) is 4.59. The summed E-state index contributed by atoms with van der Waals surface area (Å²) in [4.78, 5) is 0. The van der Waals surface area contributed by atoms with Crippen LogP contribution in [0.2, 0.25) is 0 Å². The normalized spacial score (nSPS) is 28.6. The van der Waals surface area contributed by atoms with Gasteiger partial charge in [0.2, 0.25) is 10.0 Å². The molecule has 100 valence electrons. The molecule has 0 bridgehead atoms. The number of rotatable bonds is 4. The first-order chi connectivity index (χ1) is 8.05. The molecule has 2 rings (SSSR count). The molecule has 0 amide bonds. The fraction of sp³-hybridized carbons (Fsp3) is 1.00. The number of ether oxygens (including phenoxy) is 2. The molecule has 1 heterocycles. The van der Waals surface area contributed by atoms with Crippen LogP contribution in [-0.2, 0) is 19.5 Å². The minimum Gasteiger partial charge on any atom is -0.347 e. The quantitative estimate of drug-likeness (QED) is 0.791. The van der Waals surface area contributed by atoms with E-state index in [1.54, 1.807) is 0 Å². The van der Waals surface area contributed by atoms with Crippen LogP contribution in [0.1, 0.15) is 32.1 Å². The van der Waals surface area contributed by atoms with E-state index in [2.05, 4.69) is 20.7 Å². The molecule has 2 fully saturated rings. The third-order valence-corrected chi connectivity index (χ3v) is 5.91. The Hall–Kier alpha value is 0.310. The number of halogens is 1. The van der Waals surface area contributed by atoms with Gasteiger partial charge in [-0.1, -0.05) is 22.4 Å². The molecule has 0 unspecified atom stereocenters. The Morgan fingerprint density at radius 3 is 2.65 bits per heavy atom. The lowest BCUT2D eigenvalue weighted by molar-refractivity contribution is -0.186. The molecule has 1 atom stereocenters. The fourth-order valence-corrected chi connectivity index (χ4v) is 3.33. The van der Waals surface area contributed by atoms with E-state index in [1.165, 1.54) is 6.42 Å². The van der Waals surface area contributed by atoms with Crippen LogP contribution in [0, 0.1) is 0 Å². The molecule has 17 heavy (non-hydrogen) atoms. The fourth-order valence-electron chi connectivity index (χ4n) is 2.33. The van der Waals surface area contributed by atoms with E-state index in [0.29, 0.717) is 6.61 Å². The van der Waals surface area contributed by atoms with Crippen LogP contribution in [0.5, 0.6) is 0 Å². The first-order valence-corrected chi connectivity index (χ1v) is 8.68. The van der Waals surface area contributed by atoms with Gasteiger partial charge in [0, 0.05) is 19.4 Å². The SMILES string of the molecule is O=S(=O)(CBr)NC[C@@H]1COC2(CCCCC2)O1. The van der Waals surface area contributed by atoms with Crippen molar-refractivity contribution in [3.8, 4) is 0 Å². The van der Waals surface area contributed by atoms with Crippen molar-refractivity contribution in [2.24, 2.45) is 0 Å². The first-order valence-electron chi connectivity index (χ1n) is 5.90. The highest BCUT2D eigenvalue weighted by molar-refractivity contribution is 9.10. The summed E-state index contributed by atoms with van der Waals surface area (Å²) in [6, 6.07) is 0. The van der Waals surface area contributed by atoms with Crippen LogP contribution >= 0.6 is 15.9 Å². The van der Waals surface area contributed by atoms with Gasteiger partial charge in [-0.25, -0.2) is 13.1 Å². The van der Waals surface area contributed by atoms with Gasteiger partial charge in [0.05, 0.1) is 12.7 Å². The highest BCUT2D eigenvalue weighted by Crippen LogP contribution is 2.37. The lowest BCUT2D eigenvalue weighted by Gasteiger charge is -2.31. The lowest BCUT2D eigenvalue weighted by atomic mass is 9.94. The summed E-state index contributed by atoms with van der Waals surface area (Å²) in [5, 5.41) is 0. The minimum absolute atomic E-state index is 0.0846. The molecule has 5 nitrogen and oxygen atoms in total. The van der Waals surface area contributed by atoms with E-state index >= 15 is 0 Å². The first kappa shape index (κ1) is 13.7. The van der Waals surface area contributed by atoms with Gasteiger partial charge in [0.1, 0.15) is 4.66 Å². The van der Waals surface area contributed by atoms with Crippen LogP contribution in [0.4, 0.5) is 0 Å². The zero-order valence-electron chi connectivity index (χ0n) is 9.65. The molecular formula is C10H18BrNO4S. The van der Waals surface area contributed by atoms with Crippen molar-refractivity contribution in [2.45, 2.75) is 44.0 Å². The second kappa shape index (κ2) is 5.52. The third-order valence-electron chi connectivity index (χ3n) is 3.20. The van der Waals surface area contributed by atoms with E-state index in [4.69, 9.17) is 9.47 Å². The number of sulfonamides is 1. The van der Waals surface area contributed by atoms with Crippen LogP contribution in [0.15, 0.2) is 0 Å². The maximum atomic E-state index is 11.3. The van der Waals surface area contributed by atoms with Gasteiger partial charge in [0.25, 0.3) is 0 Å². The number of hydrogen-bond donors (Lipinski definition) is 1. The average molecular weight is 328 g/mol. The van der Waals surface area contributed by atoms with E-state index in [0.717, 1.165) is 25.7 Å². The zero-order chi connectivity index (χ0) is 12.4. The molecule has 1 N–H and O–H groups in total. The van der Waals surface area contributed by atoms with E-state index in [-0.39, 0.29) is 17.3 Å². The van der Waals surface area contributed by atoms with E-state index in [9.17, 15) is 8.42 Å². The molecule has 1 spiro atoms. The van der Waals surface area contributed by atoms with Crippen LogP contribution in [-0.4, -0.2) is 38.1 Å². The topological polar surface area (TPSA) is 64.6 Å². The Morgan fingerprint density at radius 2 is 2.00 bits per heavy atom. The van der Waals surface area contributed by atoms with Crippen LogP contribution < -0.4 is 4.72 Å². The zero-order valence-corrected chi connectivity index (χ0v) is 12.1. The summed E-state index contributed by atoms with van der Waals surface area (Å²) in [6.45, 7) is 0.764. The Labute approximate surface area is 110 Å². The van der Waals surface area contributed by atoms with E-state index in [1.807, 2.05) is 0 Å². The predicted molar refractivity (Wildman–Crippen MR) is 67.4 cm³/mol. The number of nitrogens with one attached hydrogen (secondary N) is 1. The highest BCUT2D eigenvalue weighted by atomic mass is 79.9. The monoisotopic (exact) mass is 327 g/mol. The van der Waals surface area contributed by atoms with Gasteiger partial charge in [-0.3, -0.25) is 0 Å². The number of alkyl halides is 1. The van der Waals surface area contributed by atoms with Gasteiger partial charge in [-0.05, 0) is 12.8 Å². The molecule has 1 aliphatic carbocycles. The molecule has 0 aromatic carbocycles. The Balaban J connectivity index is 1.82. The molecule has 2 aliphatic rings. The van der Waals surface area contributed by atoms with Gasteiger partial charge in [-0.2, -0.15) is 0 Å². The summed E-state index contributed by atoms with van der Waals surface area (Å²) in [5.41, 5.74) is 0. The summed E-state index contributed by atoms with van der Waals surface area (Å²) < 4.78 is 36.5. The summed E-state index contributed by atoms with van der Waals surface area (Å²) in [6.07, 6.45) is 5.17. The largest absolute Gasteiger partial charge is 0.347 e. The van der Waals surface area contributed by atoms with Crippen LogP contribution in [0.3, 0.4) is 0 Å². The Kier molecular flexibility index (Phi) is 4.46. The highest BCUT2D eigenvalue weighted by Gasteiger charge is 2.42. The van der Waals surface area contributed by atoms with Crippen molar-refractivity contribution in [3.05, 3.63) is 0 Å². The van der Waals surface area contributed by atoms with Gasteiger partial charge in [-0.15, -0.1) is 0 Å². The molecule has 1 saturated heterocycles. The molecule has 7 heteroatoms. The van der Waals surface area contributed by atoms with Crippen molar-refractivity contribution < 1.29 is 17.9 Å². The third kappa shape index (κ3) is 3.64. The van der Waals surface area contributed by atoms with Crippen molar-refractivity contribution in [1.29, 1.82) is 0 Å². The molecular weight excluding hydrogens is 310 g/mol. The van der Waals surface area contributed by atoms with Gasteiger partial charge < -0.3 is 9.47 Å². The standard InChI is InChI=1S/C10H18BrNO4S/c11-8-17(13,14)12-6-9-7-15-10(16-9)4-2-1-3-5-10/h9,12H,1-8H2/t9-/m1/s1. The maximum absolute atomic E-state index is 11.3. The van der Waals surface area contributed by atoms with Crippen molar-refractivity contribution in [1.82, 2.24) is 4.72 Å². The van der Waals surface area contributed by atoms with Gasteiger partial charge in [0.15, 0.2) is 5.79 Å². The van der Waals surface area contributed by atoms with Gasteiger partial charge >= 0.3 is 0 Å².